The van der Waals surface area contributed by atoms with Crippen molar-refractivity contribution >= 4 is 5.96 Å². The molecule has 1 saturated heterocycles. The third-order valence-corrected chi connectivity index (χ3v) is 5.66. The molecule has 1 saturated carbocycles. The molecule has 3 rings (SSSR count). The highest BCUT2D eigenvalue weighted by atomic mass is 15.2. The first-order chi connectivity index (χ1) is 12.6. The third kappa shape index (κ3) is 5.60. The first kappa shape index (κ1) is 19.0. The van der Waals surface area contributed by atoms with Crippen molar-refractivity contribution in [3.63, 3.8) is 0 Å². The van der Waals surface area contributed by atoms with Crippen molar-refractivity contribution in [2.45, 2.75) is 45.1 Å². The molecule has 4 heteroatoms. The van der Waals surface area contributed by atoms with E-state index in [2.05, 4.69) is 64.4 Å². The summed E-state index contributed by atoms with van der Waals surface area (Å²) in [4.78, 5) is 6.95. The van der Waals surface area contributed by atoms with Gasteiger partial charge in [0.05, 0.1) is 0 Å². The highest BCUT2D eigenvalue weighted by molar-refractivity contribution is 5.80. The zero-order valence-electron chi connectivity index (χ0n) is 16.4. The Labute approximate surface area is 158 Å². The molecule has 1 aromatic carbocycles. The van der Waals surface area contributed by atoms with Gasteiger partial charge in [-0.25, -0.2) is 0 Å². The molecule has 1 aliphatic heterocycles. The maximum atomic E-state index is 4.45. The number of likely N-dealkylation sites (tertiary alicyclic amines) is 1. The predicted molar refractivity (Wildman–Crippen MR) is 111 cm³/mol. The van der Waals surface area contributed by atoms with E-state index in [4.69, 9.17) is 0 Å². The fraction of sp³-hybridized carbons (Fsp3) is 0.591. The molecule has 2 N–H and O–H groups in total. The van der Waals surface area contributed by atoms with Crippen LogP contribution in [0.3, 0.4) is 0 Å². The van der Waals surface area contributed by atoms with Gasteiger partial charge in [-0.05, 0) is 50.0 Å². The van der Waals surface area contributed by atoms with Crippen LogP contribution >= 0.6 is 0 Å². The molecule has 4 nitrogen and oxygen atoms in total. The van der Waals surface area contributed by atoms with Crippen molar-refractivity contribution in [1.29, 1.82) is 0 Å². The minimum atomic E-state index is 0.420. The van der Waals surface area contributed by atoms with Crippen LogP contribution in [0.15, 0.2) is 47.5 Å². The van der Waals surface area contributed by atoms with Gasteiger partial charge in [0.15, 0.2) is 5.96 Å². The monoisotopic (exact) mass is 354 g/mol. The maximum absolute atomic E-state index is 4.45. The second-order valence-corrected chi connectivity index (χ2v) is 8.24. The van der Waals surface area contributed by atoms with E-state index in [1.165, 1.54) is 36.8 Å². The summed E-state index contributed by atoms with van der Waals surface area (Å²) in [5.41, 5.74) is 3.12. The van der Waals surface area contributed by atoms with Gasteiger partial charge in [0, 0.05) is 39.3 Å². The van der Waals surface area contributed by atoms with Crippen molar-refractivity contribution in [2.24, 2.45) is 10.4 Å². The fourth-order valence-electron chi connectivity index (χ4n) is 3.90. The summed E-state index contributed by atoms with van der Waals surface area (Å²) in [5, 5.41) is 7.23. The van der Waals surface area contributed by atoms with E-state index in [1.807, 2.05) is 7.05 Å². The zero-order chi connectivity index (χ0) is 18.4. The second kappa shape index (κ2) is 8.72. The number of piperidine rings is 1. The minimum absolute atomic E-state index is 0.420. The van der Waals surface area contributed by atoms with Gasteiger partial charge in [-0.3, -0.25) is 9.89 Å². The van der Waals surface area contributed by atoms with Crippen LogP contribution in [-0.2, 0) is 6.42 Å². The molecule has 26 heavy (non-hydrogen) atoms. The average Bonchev–Trinajstić information content (AvgIpc) is 3.40. The van der Waals surface area contributed by atoms with E-state index < -0.39 is 0 Å². The van der Waals surface area contributed by atoms with Crippen LogP contribution in [0.25, 0.3) is 0 Å². The standard InChI is InChI=1S/C22H34N4/c1-18(2)16-26-13-9-20(10-14-26)25-21(23-3)24-17-22(11-12-22)15-19-7-5-4-6-8-19/h4-8,20H,1,9-17H2,2-3H3,(H2,23,24,25). The first-order valence-electron chi connectivity index (χ1n) is 9.96. The van der Waals surface area contributed by atoms with E-state index in [-0.39, 0.29) is 0 Å². The summed E-state index contributed by atoms with van der Waals surface area (Å²) in [6.07, 6.45) is 6.12. The van der Waals surface area contributed by atoms with E-state index in [0.29, 0.717) is 11.5 Å². The summed E-state index contributed by atoms with van der Waals surface area (Å²) >= 11 is 0. The molecule has 0 atom stereocenters. The Morgan fingerprint density at radius 1 is 1.23 bits per heavy atom. The van der Waals surface area contributed by atoms with E-state index in [9.17, 15) is 0 Å². The van der Waals surface area contributed by atoms with Gasteiger partial charge in [-0.15, -0.1) is 0 Å². The molecular formula is C22H34N4. The van der Waals surface area contributed by atoms with Gasteiger partial charge in [0.1, 0.15) is 0 Å². The Kier molecular flexibility index (Phi) is 6.36. The number of nitrogens with zero attached hydrogens (tertiary/aromatic N) is 2. The Bertz CT molecular complexity index is 610. The molecule has 0 spiro atoms. The highest BCUT2D eigenvalue weighted by Crippen LogP contribution is 2.47. The van der Waals surface area contributed by atoms with Crippen molar-refractivity contribution in [3.8, 4) is 0 Å². The van der Waals surface area contributed by atoms with Crippen LogP contribution in [0.5, 0.6) is 0 Å². The Morgan fingerprint density at radius 2 is 1.92 bits per heavy atom. The smallest absolute Gasteiger partial charge is 0.191 e. The number of rotatable bonds is 7. The molecular weight excluding hydrogens is 320 g/mol. The largest absolute Gasteiger partial charge is 0.356 e. The lowest BCUT2D eigenvalue weighted by atomic mass is 9.96. The second-order valence-electron chi connectivity index (χ2n) is 8.24. The SMILES string of the molecule is C=C(C)CN1CCC(NC(=NC)NCC2(Cc3ccccc3)CC2)CC1. The molecule has 0 unspecified atom stereocenters. The van der Waals surface area contributed by atoms with Crippen LogP contribution in [-0.4, -0.2) is 50.1 Å². The molecule has 1 aromatic rings. The van der Waals surface area contributed by atoms with Gasteiger partial charge in [-0.2, -0.15) is 0 Å². The van der Waals surface area contributed by atoms with Crippen molar-refractivity contribution in [3.05, 3.63) is 48.0 Å². The molecule has 0 radical (unpaired) electrons. The Balaban J connectivity index is 1.42. The molecule has 142 valence electrons. The molecule has 1 heterocycles. The third-order valence-electron chi connectivity index (χ3n) is 5.66. The number of aliphatic imine (C=N–C) groups is 1. The summed E-state index contributed by atoms with van der Waals surface area (Å²) in [7, 11) is 1.88. The van der Waals surface area contributed by atoms with Crippen molar-refractivity contribution < 1.29 is 0 Å². The van der Waals surface area contributed by atoms with Gasteiger partial charge in [0.25, 0.3) is 0 Å². The zero-order valence-corrected chi connectivity index (χ0v) is 16.4. The normalized spacial score (nSPS) is 20.6. The maximum Gasteiger partial charge on any atom is 0.191 e. The van der Waals surface area contributed by atoms with Crippen LogP contribution < -0.4 is 10.6 Å². The summed E-state index contributed by atoms with van der Waals surface area (Å²) in [5.74, 6) is 0.961. The van der Waals surface area contributed by atoms with E-state index in [0.717, 1.165) is 38.6 Å². The van der Waals surface area contributed by atoms with Crippen LogP contribution in [0.1, 0.15) is 38.2 Å². The highest BCUT2D eigenvalue weighted by Gasteiger charge is 2.42. The summed E-state index contributed by atoms with van der Waals surface area (Å²) in [6.45, 7) is 10.5. The fourth-order valence-corrected chi connectivity index (χ4v) is 3.90. The lowest BCUT2D eigenvalue weighted by molar-refractivity contribution is 0.221. The molecule has 2 aliphatic rings. The quantitative estimate of drug-likeness (QED) is 0.449. The Morgan fingerprint density at radius 3 is 2.50 bits per heavy atom. The lowest BCUT2D eigenvalue weighted by Crippen LogP contribution is -2.49. The van der Waals surface area contributed by atoms with Gasteiger partial charge in [-0.1, -0.05) is 42.5 Å². The molecule has 0 aromatic heterocycles. The number of nitrogens with one attached hydrogen (secondary N) is 2. The molecule has 0 amide bonds. The van der Waals surface area contributed by atoms with Crippen LogP contribution in [0.2, 0.25) is 0 Å². The molecule has 0 bridgehead atoms. The number of hydrogen-bond acceptors (Lipinski definition) is 2. The van der Waals surface area contributed by atoms with Crippen LogP contribution in [0.4, 0.5) is 0 Å². The number of benzene rings is 1. The van der Waals surface area contributed by atoms with Gasteiger partial charge in [0.2, 0.25) is 0 Å². The van der Waals surface area contributed by atoms with Crippen molar-refractivity contribution in [1.82, 2.24) is 15.5 Å². The minimum Gasteiger partial charge on any atom is -0.356 e. The number of hydrogen-bond donors (Lipinski definition) is 2. The van der Waals surface area contributed by atoms with Gasteiger partial charge < -0.3 is 10.6 Å². The topological polar surface area (TPSA) is 39.7 Å². The summed E-state index contributed by atoms with van der Waals surface area (Å²) < 4.78 is 0. The summed E-state index contributed by atoms with van der Waals surface area (Å²) in [6, 6.07) is 11.4. The van der Waals surface area contributed by atoms with E-state index >= 15 is 0 Å². The van der Waals surface area contributed by atoms with E-state index in [1.54, 1.807) is 0 Å². The lowest BCUT2D eigenvalue weighted by Gasteiger charge is -2.33. The van der Waals surface area contributed by atoms with Gasteiger partial charge >= 0.3 is 0 Å². The van der Waals surface area contributed by atoms with Crippen LogP contribution in [0, 0.1) is 5.41 Å². The molecule has 1 aliphatic carbocycles. The molecule has 2 fully saturated rings. The Hall–Kier alpha value is -1.81. The predicted octanol–water partition coefficient (Wildman–Crippen LogP) is 3.21. The number of guanidine groups is 1. The van der Waals surface area contributed by atoms with Crippen molar-refractivity contribution in [2.75, 3.05) is 33.2 Å². The first-order valence-corrected chi connectivity index (χ1v) is 9.96. The average molecular weight is 355 g/mol.